The zero-order chi connectivity index (χ0) is 16.3. The van der Waals surface area contributed by atoms with Crippen LogP contribution in [0.1, 0.15) is 28.8 Å². The SMILES string of the molecule is COC(=O)[C@H]1CCCN(C(=O)c2ccccc2C(F)(F)F)C1. The fraction of sp³-hybridized carbons (Fsp3) is 0.467. The van der Waals surface area contributed by atoms with Crippen molar-refractivity contribution in [1.82, 2.24) is 4.90 Å². The molecule has 0 aliphatic carbocycles. The Kier molecular flexibility index (Phi) is 4.73. The molecular formula is C15H16F3NO3. The van der Waals surface area contributed by atoms with E-state index in [0.29, 0.717) is 19.4 Å². The number of alkyl halides is 3. The summed E-state index contributed by atoms with van der Waals surface area (Å²) in [5.41, 5.74) is -1.35. The summed E-state index contributed by atoms with van der Waals surface area (Å²) in [6, 6.07) is 4.68. The third kappa shape index (κ3) is 3.40. The van der Waals surface area contributed by atoms with Gasteiger partial charge in [0.2, 0.25) is 0 Å². The van der Waals surface area contributed by atoms with E-state index in [1.165, 1.54) is 24.1 Å². The highest BCUT2D eigenvalue weighted by Crippen LogP contribution is 2.33. The van der Waals surface area contributed by atoms with Gasteiger partial charge in [-0.05, 0) is 25.0 Å². The third-order valence-corrected chi connectivity index (χ3v) is 3.71. The second-order valence-corrected chi connectivity index (χ2v) is 5.16. The van der Waals surface area contributed by atoms with Gasteiger partial charge in [0.15, 0.2) is 0 Å². The van der Waals surface area contributed by atoms with E-state index in [-0.39, 0.29) is 12.1 Å². The molecule has 1 aliphatic heterocycles. The molecule has 4 nitrogen and oxygen atoms in total. The number of benzene rings is 1. The van der Waals surface area contributed by atoms with Gasteiger partial charge in [-0.1, -0.05) is 12.1 Å². The number of methoxy groups -OCH3 is 1. The van der Waals surface area contributed by atoms with Crippen molar-refractivity contribution in [1.29, 1.82) is 0 Å². The summed E-state index contributed by atoms with van der Waals surface area (Å²) in [5, 5.41) is 0. The second kappa shape index (κ2) is 6.37. The Morgan fingerprint density at radius 1 is 1.27 bits per heavy atom. The minimum Gasteiger partial charge on any atom is -0.469 e. The number of halogens is 3. The summed E-state index contributed by atoms with van der Waals surface area (Å²) < 4.78 is 43.6. The van der Waals surface area contributed by atoms with E-state index in [4.69, 9.17) is 0 Å². The number of rotatable bonds is 2. The minimum atomic E-state index is -4.59. The second-order valence-electron chi connectivity index (χ2n) is 5.16. The van der Waals surface area contributed by atoms with Crippen LogP contribution in [0.25, 0.3) is 0 Å². The van der Waals surface area contributed by atoms with Gasteiger partial charge in [-0.3, -0.25) is 9.59 Å². The monoisotopic (exact) mass is 315 g/mol. The van der Waals surface area contributed by atoms with Gasteiger partial charge in [0, 0.05) is 13.1 Å². The van der Waals surface area contributed by atoms with E-state index >= 15 is 0 Å². The number of likely N-dealkylation sites (tertiary alicyclic amines) is 1. The number of esters is 1. The maximum atomic E-state index is 13.0. The van der Waals surface area contributed by atoms with E-state index in [0.717, 1.165) is 12.1 Å². The molecule has 0 unspecified atom stereocenters. The van der Waals surface area contributed by atoms with Gasteiger partial charge in [-0.15, -0.1) is 0 Å². The number of piperidine rings is 1. The zero-order valence-corrected chi connectivity index (χ0v) is 12.0. The Morgan fingerprint density at radius 2 is 1.95 bits per heavy atom. The van der Waals surface area contributed by atoms with Crippen LogP contribution in [0.15, 0.2) is 24.3 Å². The maximum Gasteiger partial charge on any atom is 0.417 e. The molecule has 0 N–H and O–H groups in total. The first-order valence-electron chi connectivity index (χ1n) is 6.88. The van der Waals surface area contributed by atoms with Crippen LogP contribution >= 0.6 is 0 Å². The predicted molar refractivity (Wildman–Crippen MR) is 72.1 cm³/mol. The summed E-state index contributed by atoms with van der Waals surface area (Å²) in [6.45, 7) is 0.413. The molecule has 0 saturated carbocycles. The Bertz CT molecular complexity index is 571. The van der Waals surface area contributed by atoms with Crippen LogP contribution in [0.5, 0.6) is 0 Å². The summed E-state index contributed by atoms with van der Waals surface area (Å²) >= 11 is 0. The van der Waals surface area contributed by atoms with Gasteiger partial charge in [-0.2, -0.15) is 13.2 Å². The van der Waals surface area contributed by atoms with E-state index in [1.807, 2.05) is 0 Å². The van der Waals surface area contributed by atoms with Gasteiger partial charge in [-0.25, -0.2) is 0 Å². The first kappa shape index (κ1) is 16.3. The number of hydrogen-bond donors (Lipinski definition) is 0. The van der Waals surface area contributed by atoms with Crippen LogP contribution in [0, 0.1) is 5.92 Å². The smallest absolute Gasteiger partial charge is 0.417 e. The first-order chi connectivity index (χ1) is 10.3. The first-order valence-corrected chi connectivity index (χ1v) is 6.88. The van der Waals surface area contributed by atoms with Crippen molar-refractivity contribution in [2.24, 2.45) is 5.92 Å². The highest BCUT2D eigenvalue weighted by atomic mass is 19.4. The van der Waals surface area contributed by atoms with Crippen LogP contribution in [0.2, 0.25) is 0 Å². The number of carbonyl (C=O) groups excluding carboxylic acids is 2. The topological polar surface area (TPSA) is 46.6 Å². The third-order valence-electron chi connectivity index (χ3n) is 3.71. The highest BCUT2D eigenvalue weighted by Gasteiger charge is 2.37. The van der Waals surface area contributed by atoms with Crippen molar-refractivity contribution in [2.45, 2.75) is 19.0 Å². The van der Waals surface area contributed by atoms with E-state index in [2.05, 4.69) is 4.74 Å². The lowest BCUT2D eigenvalue weighted by molar-refractivity contribution is -0.147. The summed E-state index contributed by atoms with van der Waals surface area (Å²) in [6.07, 6.45) is -3.47. The largest absolute Gasteiger partial charge is 0.469 e. The number of ether oxygens (including phenoxy) is 1. The fourth-order valence-corrected chi connectivity index (χ4v) is 2.61. The van der Waals surface area contributed by atoms with Crippen molar-refractivity contribution >= 4 is 11.9 Å². The van der Waals surface area contributed by atoms with Crippen LogP contribution in [-0.4, -0.2) is 37.0 Å². The van der Waals surface area contributed by atoms with Crippen LogP contribution in [0.3, 0.4) is 0 Å². The highest BCUT2D eigenvalue weighted by molar-refractivity contribution is 5.96. The average Bonchev–Trinajstić information content (AvgIpc) is 2.52. The molecule has 120 valence electrons. The van der Waals surface area contributed by atoms with Gasteiger partial charge >= 0.3 is 12.1 Å². The maximum absolute atomic E-state index is 13.0. The number of hydrogen-bond acceptors (Lipinski definition) is 3. The van der Waals surface area contributed by atoms with E-state index in [9.17, 15) is 22.8 Å². The summed E-state index contributed by atoms with van der Waals surface area (Å²) in [5.74, 6) is -1.64. The van der Waals surface area contributed by atoms with Crippen LogP contribution < -0.4 is 0 Å². The van der Waals surface area contributed by atoms with E-state index in [1.54, 1.807) is 0 Å². The molecule has 0 aromatic heterocycles. The van der Waals surface area contributed by atoms with Gasteiger partial charge < -0.3 is 9.64 Å². The summed E-state index contributed by atoms with van der Waals surface area (Å²) in [7, 11) is 1.25. The van der Waals surface area contributed by atoms with Gasteiger partial charge in [0.1, 0.15) is 0 Å². The Hall–Kier alpha value is -2.05. The molecule has 1 amide bonds. The predicted octanol–water partition coefficient (Wildman–Crippen LogP) is 2.73. The van der Waals surface area contributed by atoms with Crippen molar-refractivity contribution in [3.63, 3.8) is 0 Å². The van der Waals surface area contributed by atoms with Crippen LogP contribution in [-0.2, 0) is 15.7 Å². The fourth-order valence-electron chi connectivity index (χ4n) is 2.61. The van der Waals surface area contributed by atoms with Gasteiger partial charge in [0.05, 0.1) is 24.2 Å². The molecule has 1 aliphatic rings. The molecule has 1 aromatic carbocycles. The van der Waals surface area contributed by atoms with Crippen LogP contribution in [0.4, 0.5) is 13.2 Å². The molecule has 7 heteroatoms. The Labute approximate surface area is 125 Å². The zero-order valence-electron chi connectivity index (χ0n) is 12.0. The van der Waals surface area contributed by atoms with Crippen molar-refractivity contribution in [2.75, 3.05) is 20.2 Å². The molecule has 0 radical (unpaired) electrons. The molecule has 22 heavy (non-hydrogen) atoms. The van der Waals surface area contributed by atoms with E-state index < -0.39 is 29.5 Å². The molecule has 0 spiro atoms. The lowest BCUT2D eigenvalue weighted by Gasteiger charge is -2.32. The standard InChI is InChI=1S/C15H16F3NO3/c1-22-14(21)10-5-4-8-19(9-10)13(20)11-6-2-3-7-12(11)15(16,17)18/h2-3,6-7,10H,4-5,8-9H2,1H3/t10-/m0/s1. The number of amides is 1. The molecule has 1 heterocycles. The quantitative estimate of drug-likeness (QED) is 0.788. The molecule has 1 saturated heterocycles. The van der Waals surface area contributed by atoms with Gasteiger partial charge in [0.25, 0.3) is 5.91 Å². The number of nitrogens with zero attached hydrogens (tertiary/aromatic N) is 1. The Morgan fingerprint density at radius 3 is 2.59 bits per heavy atom. The van der Waals surface area contributed by atoms with Crippen molar-refractivity contribution in [3.8, 4) is 0 Å². The van der Waals surface area contributed by atoms with Crippen molar-refractivity contribution < 1.29 is 27.5 Å². The molecule has 2 rings (SSSR count). The molecule has 1 atom stereocenters. The average molecular weight is 315 g/mol. The lowest BCUT2D eigenvalue weighted by atomic mass is 9.96. The molecule has 1 aromatic rings. The molecule has 0 bridgehead atoms. The molecular weight excluding hydrogens is 299 g/mol. The molecule has 1 fully saturated rings. The lowest BCUT2D eigenvalue weighted by Crippen LogP contribution is -2.43. The summed E-state index contributed by atoms with van der Waals surface area (Å²) in [4.78, 5) is 25.2. The van der Waals surface area contributed by atoms with Crippen molar-refractivity contribution in [3.05, 3.63) is 35.4 Å². The number of carbonyl (C=O) groups is 2. The minimum absolute atomic E-state index is 0.0810. The Balaban J connectivity index is 2.23. The normalized spacial score (nSPS) is 18.9.